The van der Waals surface area contributed by atoms with Crippen molar-refractivity contribution >= 4 is 25.6 Å². The van der Waals surface area contributed by atoms with Crippen LogP contribution in [0.2, 0.25) is 18.1 Å². The Morgan fingerprint density at radius 2 is 1.94 bits per heavy atom. The monoisotopic (exact) mass is 505 g/mol. The topological polar surface area (TPSA) is 82.1 Å². The second-order valence-corrected chi connectivity index (χ2v) is 15.7. The van der Waals surface area contributed by atoms with Crippen LogP contribution in [0.15, 0.2) is 48.8 Å². The number of anilines is 1. The number of nitrogens with one attached hydrogen (secondary N) is 1. The van der Waals surface area contributed by atoms with Crippen molar-refractivity contribution in [1.82, 2.24) is 14.6 Å². The number of aromatic nitrogens is 3. The van der Waals surface area contributed by atoms with Gasteiger partial charge in [0.05, 0.1) is 24.1 Å². The molecule has 0 saturated carbocycles. The van der Waals surface area contributed by atoms with Crippen molar-refractivity contribution in [1.29, 1.82) is 0 Å². The Bertz CT molecular complexity index is 1290. The molecule has 190 valence electrons. The first kappa shape index (κ1) is 26.0. The standard InChI is InChI=1S/C27H35N5O3Si/c1-9-27(28-6)18(2)22(35-36(7,8)26(3,4)5)23(34-27)20-15-16-21-24(29-17-30-32(20)21)31-25(33)19-13-11-10-12-14-19/h10-18,22-23H,9H2,1-5,7-8H3,(H,29,30,31,33)/t18-,22+,23-,27?/m0/s1. The number of hydrogen-bond donors (Lipinski definition) is 1. The molecular weight excluding hydrogens is 470 g/mol. The zero-order valence-corrected chi connectivity index (χ0v) is 23.1. The Labute approximate surface area is 214 Å². The normalized spacial score (nSPS) is 24.6. The lowest BCUT2D eigenvalue weighted by molar-refractivity contribution is -0.0365. The number of hydrogen-bond acceptors (Lipinski definition) is 5. The molecule has 9 heteroatoms. The SMILES string of the molecule is [C-]#[N+]C1(CC)O[C@@H](c2ccc3c(NC(=O)c4ccccc4)ncnn23)[C@H](O[Si](C)(C)C(C)(C)C)[C@@H]1C. The minimum absolute atomic E-state index is 0.00509. The molecule has 1 aliphatic rings. The number of benzene rings is 1. The van der Waals surface area contributed by atoms with E-state index in [0.717, 1.165) is 5.69 Å². The van der Waals surface area contributed by atoms with Gasteiger partial charge in [0.1, 0.15) is 17.9 Å². The Morgan fingerprint density at radius 1 is 1.25 bits per heavy atom. The highest BCUT2D eigenvalue weighted by Gasteiger charge is 2.60. The summed E-state index contributed by atoms with van der Waals surface area (Å²) in [6.07, 6.45) is 1.18. The van der Waals surface area contributed by atoms with E-state index in [0.29, 0.717) is 23.3 Å². The van der Waals surface area contributed by atoms with Crippen molar-refractivity contribution in [2.75, 3.05) is 5.32 Å². The van der Waals surface area contributed by atoms with Gasteiger partial charge in [-0.25, -0.2) is 16.1 Å². The average molecular weight is 506 g/mol. The van der Waals surface area contributed by atoms with E-state index in [1.807, 2.05) is 37.3 Å². The number of carbonyl (C=O) groups excluding carboxylic acids is 1. The Balaban J connectivity index is 1.74. The molecule has 0 radical (unpaired) electrons. The van der Waals surface area contributed by atoms with Crippen LogP contribution < -0.4 is 5.32 Å². The van der Waals surface area contributed by atoms with Gasteiger partial charge < -0.3 is 9.74 Å². The van der Waals surface area contributed by atoms with Gasteiger partial charge in [-0.05, 0) is 49.3 Å². The second kappa shape index (κ2) is 9.43. The summed E-state index contributed by atoms with van der Waals surface area (Å²) < 4.78 is 15.2. The van der Waals surface area contributed by atoms with Crippen LogP contribution in [0.25, 0.3) is 10.4 Å². The molecule has 3 heterocycles. The molecule has 8 nitrogen and oxygen atoms in total. The van der Waals surface area contributed by atoms with Gasteiger partial charge in [-0.3, -0.25) is 14.4 Å². The summed E-state index contributed by atoms with van der Waals surface area (Å²) in [6, 6.07) is 12.8. The summed E-state index contributed by atoms with van der Waals surface area (Å²) in [5.41, 5.74) is 0.994. The van der Waals surface area contributed by atoms with Crippen molar-refractivity contribution in [3.8, 4) is 0 Å². The number of fused-ring (bicyclic) bond motifs is 1. The van der Waals surface area contributed by atoms with Gasteiger partial charge in [0.25, 0.3) is 5.91 Å². The van der Waals surface area contributed by atoms with Crippen LogP contribution in [0.5, 0.6) is 0 Å². The van der Waals surface area contributed by atoms with E-state index >= 15 is 0 Å². The molecule has 1 amide bonds. The minimum Gasteiger partial charge on any atom is -0.410 e. The maximum atomic E-state index is 12.8. The molecule has 0 bridgehead atoms. The summed E-state index contributed by atoms with van der Waals surface area (Å²) in [5.74, 6) is 0.0237. The van der Waals surface area contributed by atoms with Crippen molar-refractivity contribution < 1.29 is 14.0 Å². The van der Waals surface area contributed by atoms with Crippen LogP contribution in [0.1, 0.15) is 63.2 Å². The lowest BCUT2D eigenvalue weighted by atomic mass is 9.91. The highest BCUT2D eigenvalue weighted by atomic mass is 28.4. The summed E-state index contributed by atoms with van der Waals surface area (Å²) in [4.78, 5) is 21.1. The predicted molar refractivity (Wildman–Crippen MR) is 142 cm³/mol. The maximum absolute atomic E-state index is 12.8. The van der Waals surface area contributed by atoms with E-state index in [1.165, 1.54) is 6.33 Å². The first-order valence-electron chi connectivity index (χ1n) is 12.4. The minimum atomic E-state index is -2.17. The molecule has 1 saturated heterocycles. The quantitative estimate of drug-likeness (QED) is 0.323. The number of ether oxygens (including phenoxy) is 1. The lowest BCUT2D eigenvalue weighted by Gasteiger charge is -2.40. The van der Waals surface area contributed by atoms with Crippen LogP contribution >= 0.6 is 0 Å². The zero-order valence-electron chi connectivity index (χ0n) is 22.1. The van der Waals surface area contributed by atoms with Crippen LogP contribution in [-0.4, -0.2) is 40.7 Å². The van der Waals surface area contributed by atoms with E-state index in [1.54, 1.807) is 16.6 Å². The van der Waals surface area contributed by atoms with E-state index in [2.05, 4.69) is 61.0 Å². The van der Waals surface area contributed by atoms with Gasteiger partial charge >= 0.3 is 5.72 Å². The van der Waals surface area contributed by atoms with Crippen LogP contribution in [0, 0.1) is 12.5 Å². The molecule has 1 fully saturated rings. The molecule has 4 rings (SSSR count). The third kappa shape index (κ3) is 4.45. The molecule has 3 aromatic rings. The smallest absolute Gasteiger partial charge is 0.342 e. The highest BCUT2D eigenvalue weighted by molar-refractivity contribution is 6.74. The van der Waals surface area contributed by atoms with Gasteiger partial charge in [-0.2, -0.15) is 5.10 Å². The summed E-state index contributed by atoms with van der Waals surface area (Å²) in [5, 5.41) is 7.39. The molecular formula is C27H35N5O3Si. The van der Waals surface area contributed by atoms with Gasteiger partial charge in [-0.1, -0.05) is 45.9 Å². The fourth-order valence-corrected chi connectivity index (χ4v) is 5.83. The highest BCUT2D eigenvalue weighted by Crippen LogP contribution is 2.51. The van der Waals surface area contributed by atoms with Crippen molar-refractivity contribution in [3.63, 3.8) is 0 Å². The molecule has 36 heavy (non-hydrogen) atoms. The summed E-state index contributed by atoms with van der Waals surface area (Å²) >= 11 is 0. The second-order valence-electron chi connectivity index (χ2n) is 11.0. The third-order valence-corrected chi connectivity index (χ3v) is 12.3. The Morgan fingerprint density at radius 3 is 2.56 bits per heavy atom. The van der Waals surface area contributed by atoms with Gasteiger partial charge in [0.2, 0.25) is 0 Å². The zero-order chi connectivity index (χ0) is 26.3. The molecule has 1 aliphatic heterocycles. The Hall–Kier alpha value is -3.06. The van der Waals surface area contributed by atoms with E-state index in [-0.39, 0.29) is 23.0 Å². The predicted octanol–water partition coefficient (Wildman–Crippen LogP) is 6.10. The molecule has 0 spiro atoms. The molecule has 4 atom stereocenters. The molecule has 1 N–H and O–H groups in total. The fourth-order valence-electron chi connectivity index (χ4n) is 4.47. The number of amides is 1. The number of rotatable bonds is 6. The number of carbonyl (C=O) groups is 1. The largest absolute Gasteiger partial charge is 0.410 e. The third-order valence-electron chi connectivity index (χ3n) is 7.81. The summed E-state index contributed by atoms with van der Waals surface area (Å²) in [7, 11) is -2.17. The van der Waals surface area contributed by atoms with E-state index in [9.17, 15) is 4.79 Å². The van der Waals surface area contributed by atoms with Gasteiger partial charge in [-0.15, -0.1) is 0 Å². The number of nitrogens with zero attached hydrogens (tertiary/aromatic N) is 4. The van der Waals surface area contributed by atoms with Crippen LogP contribution in [0.3, 0.4) is 0 Å². The van der Waals surface area contributed by atoms with Crippen LogP contribution in [0.4, 0.5) is 5.82 Å². The lowest BCUT2D eigenvalue weighted by Crippen LogP contribution is -2.47. The molecule has 1 aromatic carbocycles. The average Bonchev–Trinajstić information content (AvgIpc) is 3.39. The maximum Gasteiger partial charge on any atom is 0.342 e. The Kier molecular flexibility index (Phi) is 6.81. The van der Waals surface area contributed by atoms with Crippen molar-refractivity contribution in [3.05, 3.63) is 71.5 Å². The van der Waals surface area contributed by atoms with Crippen LogP contribution in [-0.2, 0) is 9.16 Å². The van der Waals surface area contributed by atoms with Crippen molar-refractivity contribution in [2.45, 2.75) is 77.1 Å². The molecule has 1 unspecified atom stereocenters. The summed E-state index contributed by atoms with van der Waals surface area (Å²) in [6.45, 7) is 23.1. The van der Waals surface area contributed by atoms with E-state index in [4.69, 9.17) is 15.7 Å². The molecule has 0 aliphatic carbocycles. The first-order valence-corrected chi connectivity index (χ1v) is 15.3. The molecule has 2 aromatic heterocycles. The van der Waals surface area contributed by atoms with Gasteiger partial charge in [0.15, 0.2) is 14.1 Å². The fraction of sp³-hybridized carbons (Fsp3) is 0.481. The van der Waals surface area contributed by atoms with E-state index < -0.39 is 20.1 Å². The first-order chi connectivity index (χ1) is 16.9. The van der Waals surface area contributed by atoms with Crippen molar-refractivity contribution in [2.24, 2.45) is 5.92 Å². The van der Waals surface area contributed by atoms with Gasteiger partial charge in [0, 0.05) is 5.56 Å².